The first-order valence-corrected chi connectivity index (χ1v) is 4.86. The van der Waals surface area contributed by atoms with Crippen molar-refractivity contribution in [1.29, 1.82) is 0 Å². The van der Waals surface area contributed by atoms with Gasteiger partial charge >= 0.3 is 0 Å². The Bertz CT molecular complexity index is 145. The Morgan fingerprint density at radius 1 is 1.42 bits per heavy atom. The second kappa shape index (κ2) is 7.08. The van der Waals surface area contributed by atoms with Gasteiger partial charge in [0.2, 0.25) is 0 Å². The smallest absolute Gasteiger partial charge is 0.155 e. The van der Waals surface area contributed by atoms with Crippen molar-refractivity contribution in [2.45, 2.75) is 46.5 Å². The van der Waals surface area contributed by atoms with Gasteiger partial charge in [-0.15, -0.1) is 0 Å². The summed E-state index contributed by atoms with van der Waals surface area (Å²) in [5, 5.41) is 0. The molecule has 0 aromatic rings. The van der Waals surface area contributed by atoms with Crippen LogP contribution < -0.4 is 0 Å². The lowest BCUT2D eigenvalue weighted by Crippen LogP contribution is -1.94. The minimum absolute atomic E-state index is 0.275. The molecule has 0 unspecified atom stereocenters. The summed E-state index contributed by atoms with van der Waals surface area (Å²) in [5.74, 6) is 0.991. The van der Waals surface area contributed by atoms with Crippen LogP contribution >= 0.6 is 0 Å². The number of carbonyl (C=O) groups is 1. The molecule has 0 heterocycles. The zero-order chi connectivity index (χ0) is 9.40. The molecule has 1 heteroatoms. The van der Waals surface area contributed by atoms with Gasteiger partial charge in [0.1, 0.15) is 0 Å². The molecule has 0 N–H and O–H groups in total. The molecular weight excluding hydrogens is 148 g/mol. The predicted octanol–water partition coefficient (Wildman–Crippen LogP) is 3.35. The van der Waals surface area contributed by atoms with Crippen molar-refractivity contribution in [3.05, 3.63) is 12.2 Å². The molecule has 12 heavy (non-hydrogen) atoms. The lowest BCUT2D eigenvalue weighted by molar-refractivity contribution is -0.114. The van der Waals surface area contributed by atoms with Crippen LogP contribution in [-0.2, 0) is 4.79 Å². The van der Waals surface area contributed by atoms with Crippen LogP contribution in [0.3, 0.4) is 0 Å². The molecule has 0 atom stereocenters. The lowest BCUT2D eigenvalue weighted by Gasteiger charge is -2.01. The third-order valence-electron chi connectivity index (χ3n) is 1.74. The second-order valence-corrected chi connectivity index (χ2v) is 3.56. The standard InChI is InChI=1S/C11H20O/c1-4-5-8-11(12)9-6-7-10(2)3/h5,8,10H,4,6-7,9H2,1-3H3/b8-5+. The monoisotopic (exact) mass is 168 g/mol. The van der Waals surface area contributed by atoms with Crippen LogP contribution in [0.2, 0.25) is 0 Å². The summed E-state index contributed by atoms with van der Waals surface area (Å²) in [6.07, 6.45) is 7.50. The normalized spacial score (nSPS) is 11.3. The molecule has 0 aliphatic heterocycles. The third kappa shape index (κ3) is 7.52. The van der Waals surface area contributed by atoms with E-state index in [-0.39, 0.29) is 5.78 Å². The largest absolute Gasteiger partial charge is 0.295 e. The molecule has 0 spiro atoms. The van der Waals surface area contributed by atoms with Crippen LogP contribution in [0, 0.1) is 5.92 Å². The number of carbonyl (C=O) groups excluding carboxylic acids is 1. The van der Waals surface area contributed by atoms with Crippen molar-refractivity contribution in [2.24, 2.45) is 5.92 Å². The van der Waals surface area contributed by atoms with E-state index < -0.39 is 0 Å². The summed E-state index contributed by atoms with van der Waals surface area (Å²) in [4.78, 5) is 11.1. The van der Waals surface area contributed by atoms with Crippen molar-refractivity contribution >= 4 is 5.78 Å². The molecule has 0 radical (unpaired) electrons. The fourth-order valence-electron chi connectivity index (χ4n) is 1.02. The van der Waals surface area contributed by atoms with Gasteiger partial charge in [0, 0.05) is 6.42 Å². The van der Waals surface area contributed by atoms with Gasteiger partial charge in [-0.25, -0.2) is 0 Å². The highest BCUT2D eigenvalue weighted by Crippen LogP contribution is 2.06. The first-order valence-electron chi connectivity index (χ1n) is 4.86. The van der Waals surface area contributed by atoms with Crippen molar-refractivity contribution < 1.29 is 4.79 Å². The maximum Gasteiger partial charge on any atom is 0.155 e. The minimum Gasteiger partial charge on any atom is -0.295 e. The number of allylic oxidation sites excluding steroid dienone is 2. The molecule has 0 rings (SSSR count). The number of hydrogen-bond donors (Lipinski definition) is 0. The average Bonchev–Trinajstić information content (AvgIpc) is 2.00. The van der Waals surface area contributed by atoms with Crippen molar-refractivity contribution in [2.75, 3.05) is 0 Å². The van der Waals surface area contributed by atoms with Crippen LogP contribution in [0.15, 0.2) is 12.2 Å². The van der Waals surface area contributed by atoms with E-state index in [0.717, 1.165) is 19.3 Å². The average molecular weight is 168 g/mol. The van der Waals surface area contributed by atoms with Gasteiger partial charge in [-0.1, -0.05) is 33.3 Å². The fraction of sp³-hybridized carbons (Fsp3) is 0.727. The molecular formula is C11H20O. The molecule has 0 aliphatic carbocycles. The number of ketones is 1. The summed E-state index contributed by atoms with van der Waals surface area (Å²) in [7, 11) is 0. The van der Waals surface area contributed by atoms with Crippen LogP contribution in [0.4, 0.5) is 0 Å². The summed E-state index contributed by atoms with van der Waals surface area (Å²) in [5.41, 5.74) is 0. The first kappa shape index (κ1) is 11.4. The summed E-state index contributed by atoms with van der Waals surface area (Å²) >= 11 is 0. The molecule has 0 saturated carbocycles. The van der Waals surface area contributed by atoms with E-state index in [1.807, 2.05) is 13.0 Å². The lowest BCUT2D eigenvalue weighted by atomic mass is 10.0. The molecule has 0 amide bonds. The van der Waals surface area contributed by atoms with E-state index in [4.69, 9.17) is 0 Å². The SMILES string of the molecule is CC/C=C/C(=O)CCCC(C)C. The van der Waals surface area contributed by atoms with E-state index >= 15 is 0 Å². The van der Waals surface area contributed by atoms with Gasteiger partial charge in [0.15, 0.2) is 5.78 Å². The molecule has 0 aromatic heterocycles. The van der Waals surface area contributed by atoms with Crippen molar-refractivity contribution in [3.8, 4) is 0 Å². The van der Waals surface area contributed by atoms with Gasteiger partial charge in [0.05, 0.1) is 0 Å². The molecule has 0 aliphatic rings. The number of hydrogen-bond acceptors (Lipinski definition) is 1. The van der Waals surface area contributed by atoms with Gasteiger partial charge in [-0.05, 0) is 24.8 Å². The van der Waals surface area contributed by atoms with Gasteiger partial charge < -0.3 is 0 Å². The first-order chi connectivity index (χ1) is 5.66. The Hall–Kier alpha value is -0.590. The minimum atomic E-state index is 0.275. The molecule has 0 aromatic carbocycles. The fourth-order valence-corrected chi connectivity index (χ4v) is 1.02. The zero-order valence-electron chi connectivity index (χ0n) is 8.47. The van der Waals surface area contributed by atoms with Crippen LogP contribution in [-0.4, -0.2) is 5.78 Å². The predicted molar refractivity (Wildman–Crippen MR) is 53.1 cm³/mol. The third-order valence-corrected chi connectivity index (χ3v) is 1.74. The van der Waals surface area contributed by atoms with E-state index in [1.165, 1.54) is 0 Å². The quantitative estimate of drug-likeness (QED) is 0.556. The Labute approximate surface area is 75.9 Å². The van der Waals surface area contributed by atoms with Crippen molar-refractivity contribution in [3.63, 3.8) is 0 Å². The summed E-state index contributed by atoms with van der Waals surface area (Å²) in [6, 6.07) is 0. The van der Waals surface area contributed by atoms with Crippen LogP contribution in [0.25, 0.3) is 0 Å². The second-order valence-electron chi connectivity index (χ2n) is 3.56. The topological polar surface area (TPSA) is 17.1 Å². The van der Waals surface area contributed by atoms with E-state index in [0.29, 0.717) is 12.3 Å². The maximum absolute atomic E-state index is 11.1. The highest BCUT2D eigenvalue weighted by atomic mass is 16.1. The Morgan fingerprint density at radius 2 is 2.08 bits per heavy atom. The molecule has 0 bridgehead atoms. The Balaban J connectivity index is 3.38. The van der Waals surface area contributed by atoms with E-state index in [2.05, 4.69) is 13.8 Å². The van der Waals surface area contributed by atoms with Gasteiger partial charge in [0.25, 0.3) is 0 Å². The van der Waals surface area contributed by atoms with Crippen LogP contribution in [0.1, 0.15) is 46.5 Å². The van der Waals surface area contributed by atoms with E-state index in [1.54, 1.807) is 6.08 Å². The number of rotatable bonds is 6. The van der Waals surface area contributed by atoms with E-state index in [9.17, 15) is 4.79 Å². The van der Waals surface area contributed by atoms with Crippen molar-refractivity contribution in [1.82, 2.24) is 0 Å². The molecule has 1 nitrogen and oxygen atoms in total. The Kier molecular flexibility index (Phi) is 6.73. The molecule has 70 valence electrons. The Morgan fingerprint density at radius 3 is 2.58 bits per heavy atom. The zero-order valence-corrected chi connectivity index (χ0v) is 8.47. The molecule has 0 saturated heterocycles. The highest BCUT2D eigenvalue weighted by molar-refractivity contribution is 5.89. The maximum atomic E-state index is 11.1. The molecule has 0 fully saturated rings. The highest BCUT2D eigenvalue weighted by Gasteiger charge is 1.98. The van der Waals surface area contributed by atoms with Gasteiger partial charge in [-0.2, -0.15) is 0 Å². The van der Waals surface area contributed by atoms with Crippen LogP contribution in [0.5, 0.6) is 0 Å². The summed E-state index contributed by atoms with van der Waals surface area (Å²) < 4.78 is 0. The van der Waals surface area contributed by atoms with Gasteiger partial charge in [-0.3, -0.25) is 4.79 Å². The summed E-state index contributed by atoms with van der Waals surface area (Å²) in [6.45, 7) is 6.41.